The fraction of sp³-hybridized carbons (Fsp3) is 0.650. The maximum Gasteiger partial charge on any atom is 0.311 e. The first kappa shape index (κ1) is 20.7. The summed E-state index contributed by atoms with van der Waals surface area (Å²) in [5, 5.41) is 29.8. The molecule has 0 saturated heterocycles. The zero-order valence-electron chi connectivity index (χ0n) is 15.4. The van der Waals surface area contributed by atoms with Gasteiger partial charge in [0.15, 0.2) is 0 Å². The predicted molar refractivity (Wildman–Crippen MR) is 96.7 cm³/mol. The van der Waals surface area contributed by atoms with Crippen LogP contribution in [0.1, 0.15) is 66.2 Å². The molecule has 1 aliphatic rings. The van der Waals surface area contributed by atoms with Crippen molar-refractivity contribution in [2.45, 2.75) is 78.4 Å². The van der Waals surface area contributed by atoms with Crippen LogP contribution in [0.4, 0.5) is 0 Å². The van der Waals surface area contributed by atoms with Crippen molar-refractivity contribution < 1.29 is 20.1 Å². The maximum absolute atomic E-state index is 11.4. The number of carboxylic acid groups (broad SMARTS) is 1. The topological polar surface area (TPSA) is 77.8 Å². The highest BCUT2D eigenvalue weighted by atomic mass is 16.4. The Labute approximate surface area is 145 Å². The lowest BCUT2D eigenvalue weighted by Crippen LogP contribution is -2.38. The van der Waals surface area contributed by atoms with Crippen LogP contribution in [0.15, 0.2) is 34.4 Å². The Bertz CT molecular complexity index is 524. The highest BCUT2D eigenvalue weighted by Gasteiger charge is 2.32. The Balaban J connectivity index is 3.03. The summed E-state index contributed by atoms with van der Waals surface area (Å²) in [5.74, 6) is -2.28. The molecule has 0 bridgehead atoms. The van der Waals surface area contributed by atoms with Gasteiger partial charge in [-0.25, -0.2) is 0 Å². The van der Waals surface area contributed by atoms with Gasteiger partial charge >= 0.3 is 5.97 Å². The van der Waals surface area contributed by atoms with Crippen LogP contribution in [0.2, 0.25) is 0 Å². The molecular weight excluding hydrogens is 304 g/mol. The van der Waals surface area contributed by atoms with Crippen molar-refractivity contribution in [2.24, 2.45) is 5.92 Å². The van der Waals surface area contributed by atoms with Gasteiger partial charge in [0.05, 0.1) is 12.2 Å². The molecule has 0 radical (unpaired) electrons. The van der Waals surface area contributed by atoms with Crippen LogP contribution in [-0.2, 0) is 4.79 Å². The van der Waals surface area contributed by atoms with Gasteiger partial charge in [-0.05, 0) is 66.2 Å². The molecule has 1 rings (SSSR count). The number of carbonyl (C=O) groups is 1. The lowest BCUT2D eigenvalue weighted by atomic mass is 9.88. The quantitative estimate of drug-likeness (QED) is 0.633. The second kappa shape index (κ2) is 9.80. The van der Waals surface area contributed by atoms with Crippen LogP contribution >= 0.6 is 0 Å². The van der Waals surface area contributed by atoms with Crippen molar-refractivity contribution >= 4 is 5.97 Å². The van der Waals surface area contributed by atoms with E-state index in [2.05, 4.69) is 19.9 Å². The van der Waals surface area contributed by atoms with E-state index in [9.17, 15) is 20.1 Å². The van der Waals surface area contributed by atoms with Gasteiger partial charge in [-0.3, -0.25) is 4.79 Å². The highest BCUT2D eigenvalue weighted by molar-refractivity contribution is 5.71. The standard InChI is InChI=1S/C20H32O4/c1-13(2)16-9-5-14(3)7-11-17(21)19(20(23)24)18(22)12-8-15(4)6-10-16/h5,8,17-19,21-22H,6-7,9-12H2,1-4H3,(H,23,24)/t17-,18-,19-/m0/s1. The van der Waals surface area contributed by atoms with Crippen molar-refractivity contribution in [1.29, 1.82) is 0 Å². The summed E-state index contributed by atoms with van der Waals surface area (Å²) in [7, 11) is 0. The minimum Gasteiger partial charge on any atom is -0.481 e. The molecule has 24 heavy (non-hydrogen) atoms. The lowest BCUT2D eigenvalue weighted by molar-refractivity contribution is -0.151. The molecule has 0 heterocycles. The van der Waals surface area contributed by atoms with E-state index in [4.69, 9.17) is 0 Å². The van der Waals surface area contributed by atoms with Crippen LogP contribution in [0.5, 0.6) is 0 Å². The summed E-state index contributed by atoms with van der Waals surface area (Å²) in [6, 6.07) is 0. The maximum atomic E-state index is 11.4. The van der Waals surface area contributed by atoms with Gasteiger partial charge in [-0.1, -0.05) is 34.4 Å². The van der Waals surface area contributed by atoms with E-state index in [1.54, 1.807) is 0 Å². The van der Waals surface area contributed by atoms with Crippen LogP contribution in [0.3, 0.4) is 0 Å². The van der Waals surface area contributed by atoms with Crippen LogP contribution in [0.25, 0.3) is 0 Å². The molecule has 0 aliphatic heterocycles. The smallest absolute Gasteiger partial charge is 0.311 e. The third kappa shape index (κ3) is 6.62. The largest absolute Gasteiger partial charge is 0.481 e. The molecule has 136 valence electrons. The first-order valence-electron chi connectivity index (χ1n) is 8.77. The van der Waals surface area contributed by atoms with Crippen molar-refractivity contribution in [3.63, 3.8) is 0 Å². The van der Waals surface area contributed by atoms with Gasteiger partial charge in [0.25, 0.3) is 0 Å². The van der Waals surface area contributed by atoms with Gasteiger partial charge in [0.2, 0.25) is 0 Å². The van der Waals surface area contributed by atoms with Gasteiger partial charge in [-0.15, -0.1) is 0 Å². The average molecular weight is 336 g/mol. The fourth-order valence-corrected chi connectivity index (χ4v) is 3.02. The predicted octanol–water partition coefficient (Wildman–Crippen LogP) is 3.99. The number of rotatable bonds is 1. The summed E-state index contributed by atoms with van der Waals surface area (Å²) in [6.45, 7) is 8.28. The molecule has 0 unspecified atom stereocenters. The van der Waals surface area contributed by atoms with Crippen molar-refractivity contribution in [3.05, 3.63) is 34.4 Å². The Kier molecular flexibility index (Phi) is 8.43. The van der Waals surface area contributed by atoms with E-state index in [1.165, 1.54) is 11.1 Å². The summed E-state index contributed by atoms with van der Waals surface area (Å²) < 4.78 is 0. The van der Waals surface area contributed by atoms with Crippen LogP contribution < -0.4 is 0 Å². The number of aliphatic carboxylic acids is 1. The van der Waals surface area contributed by atoms with Gasteiger partial charge < -0.3 is 15.3 Å². The van der Waals surface area contributed by atoms with Gasteiger partial charge in [0.1, 0.15) is 5.92 Å². The van der Waals surface area contributed by atoms with Crippen LogP contribution in [-0.4, -0.2) is 33.5 Å². The monoisotopic (exact) mass is 336 g/mol. The van der Waals surface area contributed by atoms with Crippen molar-refractivity contribution in [1.82, 2.24) is 0 Å². The normalized spacial score (nSPS) is 27.8. The number of carboxylic acids is 1. The first-order valence-corrected chi connectivity index (χ1v) is 8.77. The van der Waals surface area contributed by atoms with Gasteiger partial charge in [-0.2, -0.15) is 0 Å². The summed E-state index contributed by atoms with van der Waals surface area (Å²) in [4.78, 5) is 11.4. The Morgan fingerprint density at radius 3 is 2.21 bits per heavy atom. The first-order chi connectivity index (χ1) is 11.2. The lowest BCUT2D eigenvalue weighted by Gasteiger charge is -2.24. The summed E-state index contributed by atoms with van der Waals surface area (Å²) in [6.07, 6.45) is 6.01. The molecule has 0 aromatic heterocycles. The Morgan fingerprint density at radius 2 is 1.62 bits per heavy atom. The molecule has 0 aromatic carbocycles. The molecule has 0 aromatic rings. The zero-order valence-corrected chi connectivity index (χ0v) is 15.4. The molecule has 0 spiro atoms. The van der Waals surface area contributed by atoms with E-state index in [1.807, 2.05) is 19.9 Å². The van der Waals surface area contributed by atoms with E-state index >= 15 is 0 Å². The number of hydrogen-bond acceptors (Lipinski definition) is 3. The molecular formula is C20H32O4. The molecule has 3 N–H and O–H groups in total. The SMILES string of the molecule is CC1=CC[C@H](O)[C@@H](C(=O)O)[C@@H](O)CCC(C)=CCC(=C(C)C)CC1. The molecule has 0 saturated carbocycles. The van der Waals surface area contributed by atoms with E-state index in [-0.39, 0.29) is 6.42 Å². The fourth-order valence-electron chi connectivity index (χ4n) is 3.02. The minimum atomic E-state index is -1.14. The Morgan fingerprint density at radius 1 is 1.00 bits per heavy atom. The molecule has 4 heteroatoms. The molecule has 4 nitrogen and oxygen atoms in total. The Hall–Kier alpha value is -1.39. The van der Waals surface area contributed by atoms with E-state index in [0.717, 1.165) is 30.4 Å². The van der Waals surface area contributed by atoms with Gasteiger partial charge in [0, 0.05) is 0 Å². The molecule has 0 amide bonds. The van der Waals surface area contributed by atoms with E-state index in [0.29, 0.717) is 12.8 Å². The third-order valence-corrected chi connectivity index (χ3v) is 4.88. The summed E-state index contributed by atoms with van der Waals surface area (Å²) >= 11 is 0. The minimum absolute atomic E-state index is 0.263. The van der Waals surface area contributed by atoms with Crippen molar-refractivity contribution in [3.8, 4) is 0 Å². The highest BCUT2D eigenvalue weighted by Crippen LogP contribution is 2.24. The van der Waals surface area contributed by atoms with Crippen LogP contribution in [0, 0.1) is 5.92 Å². The number of aliphatic hydroxyl groups excluding tert-OH is 2. The van der Waals surface area contributed by atoms with E-state index < -0.39 is 24.1 Å². The second-order valence-electron chi connectivity index (χ2n) is 7.18. The third-order valence-electron chi connectivity index (χ3n) is 4.88. The average Bonchev–Trinajstić information content (AvgIpc) is 2.49. The molecule has 1 aliphatic carbocycles. The molecule has 0 fully saturated rings. The second-order valence-corrected chi connectivity index (χ2v) is 7.18. The zero-order chi connectivity index (χ0) is 18.3. The van der Waals surface area contributed by atoms with Crippen molar-refractivity contribution in [2.75, 3.05) is 0 Å². The molecule has 3 atom stereocenters. The summed E-state index contributed by atoms with van der Waals surface area (Å²) in [5.41, 5.74) is 5.05. The number of allylic oxidation sites excluding steroid dienone is 5. The number of hydrogen-bond donors (Lipinski definition) is 3. The number of aliphatic hydroxyl groups is 2.